The second-order valence-corrected chi connectivity index (χ2v) is 22.4. The van der Waals surface area contributed by atoms with Crippen LogP contribution in [0.5, 0.6) is 5.75 Å². The Bertz CT molecular complexity index is 2750. The molecule has 1 saturated heterocycles. The zero-order valence-electron chi connectivity index (χ0n) is 57.3. The van der Waals surface area contributed by atoms with Gasteiger partial charge in [-0.15, -0.1) is 0 Å². The number of nitrogens with one attached hydrogen (secondary N) is 11. The maximum Gasteiger partial charge on any atom is 0.305 e. The molecule has 1 aliphatic rings. The molecule has 0 bridgehead atoms. The van der Waals surface area contributed by atoms with Crippen LogP contribution in [-0.2, 0) is 107 Å². The maximum atomic E-state index is 13.6. The standard InChI is InChI=1S/C61H103N17O24/c62-56(90)47-8-2-18-78(47)60(94)46(36-79)77-59(93)45(32-55(88)89)75-50(83)34-71-57(91)43(7-1-13-70-61(63)64)74-49(82)33-72-58(92)44(31-41-9-11-42(80)12-10-41)76-54(87)40-102-39-53(86)69-17-6-22-98-26-30-100-29-25-97-21-5-16-68-52(85)38-101-37-51(84)67-15-4-20-96-24-28-99-27-23-95-19-3-14-66-48(81)35-73-65/h9-12,43-47,73,79-80H,1-8,13-40,65H2,(H2,62,90)(H,66,81)(H,67,84)(H,68,85)(H,69,86)(H,71,91)(H,72,92)(H,74,82)(H,75,83)(H,76,87)(H,77,93)(H,88,89)(H4,63,64,70)/t43-,44-,45-,46-,47-/m0/s1. The number of aliphatic carboxylic acids is 1. The van der Waals surface area contributed by atoms with Crippen molar-refractivity contribution in [3.63, 3.8) is 0 Å². The van der Waals surface area contributed by atoms with Crippen molar-refractivity contribution in [3.8, 4) is 5.75 Å². The van der Waals surface area contributed by atoms with E-state index in [0.29, 0.717) is 123 Å². The molecule has 0 unspecified atom stereocenters. The van der Waals surface area contributed by atoms with Gasteiger partial charge in [0.1, 0.15) is 62.4 Å². The van der Waals surface area contributed by atoms with Gasteiger partial charge in [-0.25, -0.2) is 0 Å². The van der Waals surface area contributed by atoms with E-state index in [9.17, 15) is 77.6 Å². The summed E-state index contributed by atoms with van der Waals surface area (Å²) in [6.07, 6.45) is 1.68. The fraction of sp³-hybridized carbons (Fsp3) is 0.672. The second-order valence-electron chi connectivity index (χ2n) is 22.4. The number of phenolic OH excluding ortho intramolecular Hbond substituents is 1. The van der Waals surface area contributed by atoms with Crippen molar-refractivity contribution in [2.75, 3.05) is 171 Å². The summed E-state index contributed by atoms with van der Waals surface area (Å²) in [4.78, 5) is 169. The van der Waals surface area contributed by atoms with Gasteiger partial charge in [0.25, 0.3) is 0 Å². The highest BCUT2D eigenvalue weighted by atomic mass is 16.6. The van der Waals surface area contributed by atoms with Crippen molar-refractivity contribution >= 4 is 82.8 Å². The number of hydrazine groups is 1. The van der Waals surface area contributed by atoms with Crippen LogP contribution >= 0.6 is 0 Å². The fourth-order valence-corrected chi connectivity index (χ4v) is 9.00. The number of carbonyl (C=O) groups excluding carboxylic acids is 12. The number of carbonyl (C=O) groups is 13. The molecule has 0 aromatic heterocycles. The van der Waals surface area contributed by atoms with Crippen LogP contribution in [0.15, 0.2) is 29.3 Å². The van der Waals surface area contributed by atoms with Crippen molar-refractivity contribution in [3.05, 3.63) is 29.8 Å². The molecule has 41 nitrogen and oxygen atoms in total. The van der Waals surface area contributed by atoms with Gasteiger partial charge >= 0.3 is 5.97 Å². The van der Waals surface area contributed by atoms with E-state index in [1.807, 2.05) is 0 Å². The first-order chi connectivity index (χ1) is 49.0. The molecule has 0 aliphatic carbocycles. The Labute approximate surface area is 589 Å². The molecule has 41 heteroatoms. The monoisotopic (exact) mass is 1460 g/mol. The van der Waals surface area contributed by atoms with E-state index in [0.717, 1.165) is 4.90 Å². The lowest BCUT2D eigenvalue weighted by atomic mass is 10.0. The van der Waals surface area contributed by atoms with Gasteiger partial charge in [-0.05, 0) is 69.1 Å². The van der Waals surface area contributed by atoms with Gasteiger partial charge in [0.15, 0.2) is 5.96 Å². The number of phenols is 1. The van der Waals surface area contributed by atoms with Crippen molar-refractivity contribution in [1.29, 1.82) is 0 Å². The van der Waals surface area contributed by atoms with Gasteiger partial charge in [0, 0.05) is 72.1 Å². The minimum Gasteiger partial charge on any atom is -0.508 e. The number of aliphatic hydroxyl groups excluding tert-OH is 1. The lowest BCUT2D eigenvalue weighted by Gasteiger charge is -2.28. The number of likely N-dealkylation sites (tertiary alicyclic amines) is 1. The summed E-state index contributed by atoms with van der Waals surface area (Å²) in [5.41, 5.74) is 19.0. The lowest BCUT2D eigenvalue weighted by Crippen LogP contribution is -2.58. The molecule has 1 fully saturated rings. The number of nitrogens with two attached hydrogens (primary N) is 4. The number of aromatic hydroxyl groups is 1. The average molecular weight is 1460 g/mol. The minimum atomic E-state index is -1.83. The van der Waals surface area contributed by atoms with E-state index in [1.165, 1.54) is 24.3 Å². The third kappa shape index (κ3) is 44.3. The Hall–Kier alpha value is -9.04. The van der Waals surface area contributed by atoms with Crippen LogP contribution in [0.3, 0.4) is 0 Å². The van der Waals surface area contributed by atoms with Gasteiger partial charge in [0.05, 0.1) is 85.5 Å². The molecule has 0 saturated carbocycles. The number of aliphatic hydroxyl groups is 1. The number of rotatable bonds is 60. The third-order valence-electron chi connectivity index (χ3n) is 14.0. The summed E-state index contributed by atoms with van der Waals surface area (Å²) >= 11 is 0. The topological polar surface area (TPSA) is 608 Å². The van der Waals surface area contributed by atoms with Gasteiger partial charge in [-0.2, -0.15) is 0 Å². The van der Waals surface area contributed by atoms with Crippen LogP contribution in [0, 0.1) is 0 Å². The van der Waals surface area contributed by atoms with Crippen molar-refractivity contribution < 1.29 is 116 Å². The van der Waals surface area contributed by atoms with Crippen LogP contribution in [0.1, 0.15) is 63.4 Å². The number of hydrogen-bond acceptors (Lipinski definition) is 26. The van der Waals surface area contributed by atoms with Gasteiger partial charge in [-0.3, -0.25) is 78.6 Å². The minimum absolute atomic E-state index is 0.00601. The van der Waals surface area contributed by atoms with E-state index in [2.05, 4.69) is 63.6 Å². The first-order valence-corrected chi connectivity index (χ1v) is 33.1. The number of hydrogen-bond donors (Lipinski definition) is 18. The summed E-state index contributed by atoms with van der Waals surface area (Å²) in [7, 11) is 0. The van der Waals surface area contributed by atoms with Crippen LogP contribution in [0.2, 0.25) is 0 Å². The number of guanidine groups is 1. The Morgan fingerprint density at radius 1 is 0.490 bits per heavy atom. The molecular formula is C61H103N17O24. The third-order valence-corrected chi connectivity index (χ3v) is 14.0. The molecule has 1 heterocycles. The zero-order chi connectivity index (χ0) is 75.1. The Morgan fingerprint density at radius 2 is 0.922 bits per heavy atom. The molecule has 1 aromatic rings. The predicted octanol–water partition coefficient (Wildman–Crippen LogP) is -9.28. The molecule has 102 heavy (non-hydrogen) atoms. The van der Waals surface area contributed by atoms with Crippen molar-refractivity contribution in [2.45, 2.75) is 94.4 Å². The number of nitrogens with zero attached hydrogens (tertiary/aromatic N) is 2. The largest absolute Gasteiger partial charge is 0.508 e. The quantitative estimate of drug-likeness (QED) is 0.00947. The molecule has 1 aliphatic heterocycles. The highest BCUT2D eigenvalue weighted by molar-refractivity contribution is 5.97. The highest BCUT2D eigenvalue weighted by Crippen LogP contribution is 2.18. The first-order valence-electron chi connectivity index (χ1n) is 33.1. The number of primary amides is 1. The van der Waals surface area contributed by atoms with Crippen LogP contribution in [-0.4, -0.2) is 304 Å². The van der Waals surface area contributed by atoms with Gasteiger partial charge in [-0.1, -0.05) is 12.1 Å². The number of amides is 12. The molecule has 1 aromatic carbocycles. The van der Waals surface area contributed by atoms with Crippen molar-refractivity contribution in [1.82, 2.24) is 63.5 Å². The molecule has 12 amide bonds. The summed E-state index contributed by atoms with van der Waals surface area (Å²) in [6, 6.07) is -1.57. The first kappa shape index (κ1) is 89.0. The molecule has 5 atom stereocenters. The molecule has 22 N–H and O–H groups in total. The smallest absolute Gasteiger partial charge is 0.305 e. The highest BCUT2D eigenvalue weighted by Gasteiger charge is 2.38. The van der Waals surface area contributed by atoms with Gasteiger partial charge in [0.2, 0.25) is 70.9 Å². The summed E-state index contributed by atoms with van der Waals surface area (Å²) in [5, 5.41) is 53.8. The Morgan fingerprint density at radius 3 is 1.36 bits per heavy atom. The normalized spacial score (nSPS) is 13.6. The molecule has 0 spiro atoms. The average Bonchev–Trinajstić information content (AvgIpc) is 1.63. The number of benzene rings is 1. The van der Waals surface area contributed by atoms with E-state index in [4.69, 9.17) is 60.9 Å². The summed E-state index contributed by atoms with van der Waals surface area (Å²) in [6.45, 7) is 1.63. The molecule has 576 valence electrons. The maximum absolute atomic E-state index is 13.6. The van der Waals surface area contributed by atoms with E-state index >= 15 is 0 Å². The van der Waals surface area contributed by atoms with Crippen LogP contribution < -0.4 is 81.6 Å². The lowest BCUT2D eigenvalue weighted by molar-refractivity contribution is -0.143. The summed E-state index contributed by atoms with van der Waals surface area (Å²) < 4.78 is 43.3. The van der Waals surface area contributed by atoms with E-state index in [-0.39, 0.29) is 108 Å². The second kappa shape index (κ2) is 55.6. The molecule has 2 rings (SSSR count). The number of carboxylic acids is 1. The SMILES string of the molecule is NNCC(=O)NCCCOCCOCCOCCCNC(=O)COCC(=O)NCCCOCCOCCOCCCNC(=O)COCC(=O)N[C@@H](Cc1ccc(O)cc1)C(=O)NCC(=O)N[C@@H](CCCN=C(N)N)C(=O)NCC(=O)N[C@@H](CC(=O)O)C(=O)N[C@@H](CO)C(=O)N1CCC[C@H]1C(N)=O. The Kier molecular flexibility index (Phi) is 48.6. The zero-order valence-corrected chi connectivity index (χ0v) is 57.3. The van der Waals surface area contributed by atoms with E-state index < -0.39 is 129 Å². The van der Waals surface area contributed by atoms with Crippen LogP contribution in [0.25, 0.3) is 0 Å². The number of ether oxygens (including phenoxy) is 8. The van der Waals surface area contributed by atoms with Gasteiger partial charge < -0.3 is 128 Å². The molecular weight excluding hydrogens is 1350 g/mol. The van der Waals surface area contributed by atoms with Crippen LogP contribution in [0.4, 0.5) is 0 Å². The molecule has 0 radical (unpaired) electrons. The fourth-order valence-electron chi connectivity index (χ4n) is 9.00. The number of carboxylic acid groups (broad SMARTS) is 1. The van der Waals surface area contributed by atoms with Crippen molar-refractivity contribution in [2.24, 2.45) is 28.0 Å². The summed E-state index contributed by atoms with van der Waals surface area (Å²) in [5.74, 6) is -5.83. The predicted molar refractivity (Wildman–Crippen MR) is 358 cm³/mol. The number of aliphatic imine (C=N–C) groups is 1. The Balaban J connectivity index is 1.63. The van der Waals surface area contributed by atoms with E-state index in [1.54, 1.807) is 0 Å².